The third kappa shape index (κ3) is 4.84. The monoisotopic (exact) mass is 274 g/mol. The van der Waals surface area contributed by atoms with E-state index in [2.05, 4.69) is 18.7 Å². The van der Waals surface area contributed by atoms with Gasteiger partial charge in [-0.15, -0.1) is 0 Å². The molecule has 1 unspecified atom stereocenters. The highest BCUT2D eigenvalue weighted by atomic mass is 19.4. The maximum Gasteiger partial charge on any atom is 0.416 e. The molecule has 2 nitrogen and oxygen atoms in total. The van der Waals surface area contributed by atoms with Gasteiger partial charge in [-0.2, -0.15) is 13.2 Å². The van der Waals surface area contributed by atoms with Crippen LogP contribution < -0.4 is 5.73 Å². The van der Waals surface area contributed by atoms with Crippen molar-refractivity contribution >= 4 is 0 Å². The molecule has 108 valence electrons. The third-order valence-corrected chi connectivity index (χ3v) is 3.29. The van der Waals surface area contributed by atoms with Gasteiger partial charge in [0, 0.05) is 6.04 Å². The quantitative estimate of drug-likeness (QED) is 0.861. The number of hydrogen-bond donors (Lipinski definition) is 1. The summed E-state index contributed by atoms with van der Waals surface area (Å²) in [5.41, 5.74) is 5.88. The Morgan fingerprint density at radius 2 is 1.84 bits per heavy atom. The fourth-order valence-corrected chi connectivity index (χ4v) is 1.97. The smallest absolute Gasteiger partial charge is 0.324 e. The maximum atomic E-state index is 12.6. The van der Waals surface area contributed by atoms with E-state index in [4.69, 9.17) is 5.73 Å². The minimum Gasteiger partial charge on any atom is -0.324 e. The minimum atomic E-state index is -4.31. The zero-order chi connectivity index (χ0) is 14.5. The summed E-state index contributed by atoms with van der Waals surface area (Å²) in [6.07, 6.45) is -3.66. The van der Waals surface area contributed by atoms with Crippen LogP contribution in [-0.4, -0.2) is 24.5 Å². The highest BCUT2D eigenvalue weighted by Crippen LogP contribution is 2.30. The standard InChI is InChI=1S/C14H21F3N2/c1-3-19(4-2)9-8-13(18)11-6-5-7-12(10-11)14(15,16)17/h5-7,10,13H,3-4,8-9,18H2,1-2H3. The highest BCUT2D eigenvalue weighted by molar-refractivity contribution is 5.27. The van der Waals surface area contributed by atoms with Crippen molar-refractivity contribution in [1.29, 1.82) is 0 Å². The topological polar surface area (TPSA) is 29.3 Å². The van der Waals surface area contributed by atoms with E-state index in [0.29, 0.717) is 12.0 Å². The molecule has 5 heteroatoms. The van der Waals surface area contributed by atoms with Crippen LogP contribution in [0.5, 0.6) is 0 Å². The van der Waals surface area contributed by atoms with E-state index in [1.54, 1.807) is 6.07 Å². The third-order valence-electron chi connectivity index (χ3n) is 3.29. The number of rotatable bonds is 6. The number of benzene rings is 1. The molecule has 0 heterocycles. The lowest BCUT2D eigenvalue weighted by Gasteiger charge is -2.21. The zero-order valence-corrected chi connectivity index (χ0v) is 11.4. The van der Waals surface area contributed by atoms with Crippen molar-refractivity contribution in [2.24, 2.45) is 5.73 Å². The summed E-state index contributed by atoms with van der Waals surface area (Å²) in [6.45, 7) is 6.75. The normalized spacial score (nSPS) is 13.8. The van der Waals surface area contributed by atoms with Gasteiger partial charge in [0.1, 0.15) is 0 Å². The van der Waals surface area contributed by atoms with E-state index in [9.17, 15) is 13.2 Å². The van der Waals surface area contributed by atoms with Gasteiger partial charge in [-0.05, 0) is 43.8 Å². The summed E-state index contributed by atoms with van der Waals surface area (Å²) < 4.78 is 37.8. The molecule has 0 aliphatic rings. The first-order valence-corrected chi connectivity index (χ1v) is 6.53. The molecule has 0 amide bonds. The Balaban J connectivity index is 2.69. The zero-order valence-electron chi connectivity index (χ0n) is 11.4. The van der Waals surface area contributed by atoms with Crippen LogP contribution in [0.15, 0.2) is 24.3 Å². The van der Waals surface area contributed by atoms with Gasteiger partial charge in [0.25, 0.3) is 0 Å². The highest BCUT2D eigenvalue weighted by Gasteiger charge is 2.30. The molecule has 0 aliphatic carbocycles. The maximum absolute atomic E-state index is 12.6. The largest absolute Gasteiger partial charge is 0.416 e. The number of nitrogens with zero attached hydrogens (tertiary/aromatic N) is 1. The van der Waals surface area contributed by atoms with Crippen molar-refractivity contribution in [1.82, 2.24) is 4.90 Å². The van der Waals surface area contributed by atoms with Gasteiger partial charge in [0.05, 0.1) is 5.56 Å². The van der Waals surface area contributed by atoms with Gasteiger partial charge in [-0.1, -0.05) is 26.0 Å². The molecule has 1 aromatic rings. The van der Waals surface area contributed by atoms with Crippen molar-refractivity contribution in [2.75, 3.05) is 19.6 Å². The molecule has 1 atom stereocenters. The first-order chi connectivity index (χ1) is 8.88. The molecule has 0 bridgehead atoms. The Kier molecular flexibility index (Phi) is 5.82. The minimum absolute atomic E-state index is 0.358. The summed E-state index contributed by atoms with van der Waals surface area (Å²) in [7, 11) is 0. The van der Waals surface area contributed by atoms with Gasteiger partial charge < -0.3 is 10.6 Å². The molecule has 0 aromatic heterocycles. The Hall–Kier alpha value is -1.07. The van der Waals surface area contributed by atoms with Crippen LogP contribution in [0.4, 0.5) is 13.2 Å². The van der Waals surface area contributed by atoms with Crippen LogP contribution in [-0.2, 0) is 6.18 Å². The summed E-state index contributed by atoms with van der Waals surface area (Å²) in [5.74, 6) is 0. The van der Waals surface area contributed by atoms with Crippen molar-refractivity contribution in [3.05, 3.63) is 35.4 Å². The second-order valence-corrected chi connectivity index (χ2v) is 4.55. The first kappa shape index (κ1) is 16.0. The molecule has 0 spiro atoms. The fraction of sp³-hybridized carbons (Fsp3) is 0.571. The van der Waals surface area contributed by atoms with Crippen LogP contribution in [0, 0.1) is 0 Å². The van der Waals surface area contributed by atoms with E-state index < -0.39 is 11.7 Å². The summed E-state index contributed by atoms with van der Waals surface area (Å²) in [4.78, 5) is 2.20. The molecule has 0 fully saturated rings. The molecule has 19 heavy (non-hydrogen) atoms. The predicted molar refractivity (Wildman–Crippen MR) is 70.8 cm³/mol. The SMILES string of the molecule is CCN(CC)CCC(N)c1cccc(C(F)(F)F)c1. The van der Waals surface area contributed by atoms with Gasteiger partial charge in [-0.3, -0.25) is 0 Å². The van der Waals surface area contributed by atoms with Crippen LogP contribution in [0.1, 0.15) is 37.4 Å². The Morgan fingerprint density at radius 1 is 1.21 bits per heavy atom. The average Bonchev–Trinajstić information content (AvgIpc) is 2.39. The van der Waals surface area contributed by atoms with E-state index in [-0.39, 0.29) is 6.04 Å². The van der Waals surface area contributed by atoms with Gasteiger partial charge in [0.2, 0.25) is 0 Å². The molecule has 2 N–H and O–H groups in total. The Labute approximate surface area is 112 Å². The molecule has 0 saturated heterocycles. The Morgan fingerprint density at radius 3 is 2.37 bits per heavy atom. The van der Waals surface area contributed by atoms with Crippen molar-refractivity contribution in [3.63, 3.8) is 0 Å². The predicted octanol–water partition coefficient (Wildman–Crippen LogP) is 3.44. The van der Waals surface area contributed by atoms with Crippen molar-refractivity contribution < 1.29 is 13.2 Å². The van der Waals surface area contributed by atoms with Crippen LogP contribution >= 0.6 is 0 Å². The molecular weight excluding hydrogens is 253 g/mol. The summed E-state index contributed by atoms with van der Waals surface area (Å²) >= 11 is 0. The van der Waals surface area contributed by atoms with Gasteiger partial charge in [0.15, 0.2) is 0 Å². The van der Waals surface area contributed by atoms with E-state index in [1.807, 2.05) is 0 Å². The molecular formula is C14H21F3N2. The summed E-state index contributed by atoms with van der Waals surface area (Å²) in [6, 6.07) is 4.92. The van der Waals surface area contributed by atoms with E-state index in [0.717, 1.165) is 31.8 Å². The summed E-state index contributed by atoms with van der Waals surface area (Å²) in [5, 5.41) is 0. The number of nitrogens with two attached hydrogens (primary N) is 1. The second kappa shape index (κ2) is 6.91. The van der Waals surface area contributed by atoms with Crippen molar-refractivity contribution in [2.45, 2.75) is 32.5 Å². The van der Waals surface area contributed by atoms with Crippen molar-refractivity contribution in [3.8, 4) is 0 Å². The first-order valence-electron chi connectivity index (χ1n) is 6.53. The lowest BCUT2D eigenvalue weighted by atomic mass is 10.0. The fourth-order valence-electron chi connectivity index (χ4n) is 1.97. The van der Waals surface area contributed by atoms with Crippen LogP contribution in [0.2, 0.25) is 0 Å². The van der Waals surface area contributed by atoms with E-state index in [1.165, 1.54) is 6.07 Å². The number of halogens is 3. The molecule has 0 aliphatic heterocycles. The molecule has 0 radical (unpaired) electrons. The lowest BCUT2D eigenvalue weighted by molar-refractivity contribution is -0.137. The van der Waals surface area contributed by atoms with Crippen LogP contribution in [0.3, 0.4) is 0 Å². The van der Waals surface area contributed by atoms with E-state index >= 15 is 0 Å². The molecule has 1 aromatic carbocycles. The number of alkyl halides is 3. The van der Waals surface area contributed by atoms with Crippen LogP contribution in [0.25, 0.3) is 0 Å². The second-order valence-electron chi connectivity index (χ2n) is 4.55. The number of hydrogen-bond acceptors (Lipinski definition) is 2. The average molecular weight is 274 g/mol. The molecule has 1 rings (SSSR count). The van der Waals surface area contributed by atoms with Gasteiger partial charge >= 0.3 is 6.18 Å². The molecule has 0 saturated carbocycles. The Bertz CT molecular complexity index is 387. The van der Waals surface area contributed by atoms with Gasteiger partial charge in [-0.25, -0.2) is 0 Å². The lowest BCUT2D eigenvalue weighted by Crippen LogP contribution is -2.27.